The topological polar surface area (TPSA) is 95.0 Å². The number of amides is 1. The SMILES string of the molecule is CCS(=O)(=O)N(C)CC(=O)N1C[C@@H]2CCC[C@@]2(C(=O)O)C1. The highest BCUT2D eigenvalue weighted by atomic mass is 32.2. The molecule has 21 heavy (non-hydrogen) atoms. The van der Waals surface area contributed by atoms with Crippen molar-refractivity contribution in [1.29, 1.82) is 0 Å². The molecule has 0 spiro atoms. The minimum absolute atomic E-state index is 0.00737. The number of nitrogens with zero attached hydrogens (tertiary/aromatic N) is 2. The Morgan fingerprint density at radius 3 is 2.62 bits per heavy atom. The Hall–Kier alpha value is -1.15. The molecule has 0 aromatic rings. The lowest BCUT2D eigenvalue weighted by Crippen LogP contribution is -2.42. The molecule has 0 aromatic carbocycles. The molecular weight excluding hydrogens is 296 g/mol. The Kier molecular flexibility index (Phi) is 4.30. The van der Waals surface area contributed by atoms with Gasteiger partial charge >= 0.3 is 5.97 Å². The summed E-state index contributed by atoms with van der Waals surface area (Å²) in [6.45, 7) is 1.92. The second-order valence-corrected chi connectivity index (χ2v) is 8.35. The van der Waals surface area contributed by atoms with Gasteiger partial charge in [-0.1, -0.05) is 6.42 Å². The molecule has 2 rings (SSSR count). The highest BCUT2D eigenvalue weighted by molar-refractivity contribution is 7.89. The van der Waals surface area contributed by atoms with Crippen LogP contribution in [-0.2, 0) is 19.6 Å². The standard InChI is InChI=1S/C13H22N2O5S/c1-3-21(19,20)14(2)8-11(16)15-7-10-5-4-6-13(10,9-15)12(17)18/h10H,3-9H2,1-2H3,(H,17,18)/t10-,13+/m0/s1. The number of carbonyl (C=O) groups excluding carboxylic acids is 1. The number of likely N-dealkylation sites (N-methyl/N-ethyl adjacent to an activating group) is 1. The molecule has 1 saturated carbocycles. The molecular formula is C13H22N2O5S. The molecule has 1 aliphatic heterocycles. The number of sulfonamides is 1. The van der Waals surface area contributed by atoms with Gasteiger partial charge in [0.25, 0.3) is 0 Å². The third-order valence-electron chi connectivity index (χ3n) is 4.85. The van der Waals surface area contributed by atoms with Gasteiger partial charge in [0, 0.05) is 20.1 Å². The Morgan fingerprint density at radius 2 is 2.10 bits per heavy atom. The number of carboxylic acid groups (broad SMARTS) is 1. The van der Waals surface area contributed by atoms with Gasteiger partial charge in [-0.15, -0.1) is 0 Å². The summed E-state index contributed by atoms with van der Waals surface area (Å²) in [5, 5.41) is 9.48. The molecule has 8 heteroatoms. The number of hydrogen-bond acceptors (Lipinski definition) is 4. The van der Waals surface area contributed by atoms with Crippen molar-refractivity contribution in [2.75, 3.05) is 32.4 Å². The summed E-state index contributed by atoms with van der Waals surface area (Å²) in [5.74, 6) is -1.22. The average molecular weight is 318 g/mol. The summed E-state index contributed by atoms with van der Waals surface area (Å²) in [7, 11) is -2.03. The van der Waals surface area contributed by atoms with Crippen molar-refractivity contribution in [3.05, 3.63) is 0 Å². The number of fused-ring (bicyclic) bond motifs is 1. The van der Waals surface area contributed by atoms with E-state index in [1.807, 2.05) is 0 Å². The number of aliphatic carboxylic acids is 1. The van der Waals surface area contributed by atoms with Crippen molar-refractivity contribution < 1.29 is 23.1 Å². The van der Waals surface area contributed by atoms with E-state index in [1.54, 1.807) is 0 Å². The van der Waals surface area contributed by atoms with E-state index in [-0.39, 0.29) is 30.7 Å². The zero-order valence-corrected chi connectivity index (χ0v) is 13.2. The lowest BCUT2D eigenvalue weighted by Gasteiger charge is -2.24. The number of rotatable bonds is 5. The van der Waals surface area contributed by atoms with E-state index in [4.69, 9.17) is 0 Å². The van der Waals surface area contributed by atoms with Gasteiger partial charge < -0.3 is 10.0 Å². The Morgan fingerprint density at radius 1 is 1.43 bits per heavy atom. The number of likely N-dealkylation sites (tertiary alicyclic amines) is 1. The average Bonchev–Trinajstić information content (AvgIpc) is 2.95. The Bertz CT molecular complexity index is 547. The zero-order valence-electron chi connectivity index (χ0n) is 12.4. The minimum Gasteiger partial charge on any atom is -0.481 e. The summed E-state index contributed by atoms with van der Waals surface area (Å²) >= 11 is 0. The number of hydrogen-bond donors (Lipinski definition) is 1. The van der Waals surface area contributed by atoms with Gasteiger partial charge in [0.05, 0.1) is 17.7 Å². The molecule has 0 unspecified atom stereocenters. The highest BCUT2D eigenvalue weighted by Gasteiger charge is 2.55. The van der Waals surface area contributed by atoms with Crippen LogP contribution in [0.3, 0.4) is 0 Å². The van der Waals surface area contributed by atoms with E-state index in [1.165, 1.54) is 18.9 Å². The maximum Gasteiger partial charge on any atom is 0.311 e. The predicted octanol–water partition coefficient (Wildman–Crippen LogP) is -0.0188. The van der Waals surface area contributed by atoms with Gasteiger partial charge in [-0.05, 0) is 25.7 Å². The van der Waals surface area contributed by atoms with Crippen molar-refractivity contribution in [1.82, 2.24) is 9.21 Å². The largest absolute Gasteiger partial charge is 0.481 e. The van der Waals surface area contributed by atoms with Gasteiger partial charge in [0.2, 0.25) is 15.9 Å². The van der Waals surface area contributed by atoms with Gasteiger partial charge in [-0.3, -0.25) is 9.59 Å². The molecule has 7 nitrogen and oxygen atoms in total. The summed E-state index contributed by atoms with van der Waals surface area (Å²) in [5.41, 5.74) is -0.822. The summed E-state index contributed by atoms with van der Waals surface area (Å²) < 4.78 is 24.4. The Labute approximate surface area is 125 Å². The molecule has 2 atom stereocenters. The van der Waals surface area contributed by atoms with E-state index in [9.17, 15) is 23.1 Å². The molecule has 1 saturated heterocycles. The molecule has 0 bridgehead atoms. The summed E-state index contributed by atoms with van der Waals surface area (Å²) in [4.78, 5) is 25.3. The van der Waals surface area contributed by atoms with Gasteiger partial charge in [-0.25, -0.2) is 8.42 Å². The smallest absolute Gasteiger partial charge is 0.311 e. The van der Waals surface area contributed by atoms with Crippen LogP contribution in [0.2, 0.25) is 0 Å². The van der Waals surface area contributed by atoms with Crippen LogP contribution in [0.5, 0.6) is 0 Å². The monoisotopic (exact) mass is 318 g/mol. The first-order chi connectivity index (χ1) is 9.73. The maximum absolute atomic E-state index is 12.2. The van der Waals surface area contributed by atoms with Gasteiger partial charge in [0.1, 0.15) is 0 Å². The minimum atomic E-state index is -3.40. The number of carbonyl (C=O) groups is 2. The van der Waals surface area contributed by atoms with Crippen LogP contribution >= 0.6 is 0 Å². The van der Waals surface area contributed by atoms with Crippen LogP contribution < -0.4 is 0 Å². The highest BCUT2D eigenvalue weighted by Crippen LogP contribution is 2.48. The van der Waals surface area contributed by atoms with Crippen molar-refractivity contribution >= 4 is 21.9 Å². The van der Waals surface area contributed by atoms with E-state index in [2.05, 4.69) is 0 Å². The van der Waals surface area contributed by atoms with Crippen molar-refractivity contribution in [3.8, 4) is 0 Å². The van der Waals surface area contributed by atoms with Crippen molar-refractivity contribution in [2.24, 2.45) is 11.3 Å². The van der Waals surface area contributed by atoms with Gasteiger partial charge in [0.15, 0.2) is 0 Å². The van der Waals surface area contributed by atoms with Crippen LogP contribution in [0.15, 0.2) is 0 Å². The quantitative estimate of drug-likeness (QED) is 0.769. The Balaban J connectivity index is 2.05. The fraction of sp³-hybridized carbons (Fsp3) is 0.846. The van der Waals surface area contributed by atoms with Crippen molar-refractivity contribution in [3.63, 3.8) is 0 Å². The summed E-state index contributed by atoms with van der Waals surface area (Å²) in [6.07, 6.45) is 2.29. The van der Waals surface area contributed by atoms with Crippen LogP contribution in [0.4, 0.5) is 0 Å². The predicted molar refractivity (Wildman–Crippen MR) is 76.1 cm³/mol. The fourth-order valence-electron chi connectivity index (χ4n) is 3.44. The van der Waals surface area contributed by atoms with E-state index >= 15 is 0 Å². The molecule has 2 aliphatic rings. The van der Waals surface area contributed by atoms with Crippen LogP contribution in [0, 0.1) is 11.3 Å². The molecule has 1 aliphatic carbocycles. The molecule has 2 fully saturated rings. The van der Waals surface area contributed by atoms with Crippen LogP contribution in [-0.4, -0.2) is 67.0 Å². The van der Waals surface area contributed by atoms with Crippen molar-refractivity contribution in [2.45, 2.75) is 26.2 Å². The first-order valence-electron chi connectivity index (χ1n) is 7.18. The van der Waals surface area contributed by atoms with Crippen LogP contribution in [0.25, 0.3) is 0 Å². The third kappa shape index (κ3) is 2.78. The summed E-state index contributed by atoms with van der Waals surface area (Å²) in [6, 6.07) is 0. The first kappa shape index (κ1) is 16.2. The fourth-order valence-corrected chi connectivity index (χ4v) is 4.19. The lowest BCUT2D eigenvalue weighted by molar-refractivity contribution is -0.149. The molecule has 0 radical (unpaired) electrons. The van der Waals surface area contributed by atoms with E-state index in [0.717, 1.165) is 17.1 Å². The molecule has 1 heterocycles. The first-order valence-corrected chi connectivity index (χ1v) is 8.79. The normalized spacial score (nSPS) is 28.9. The number of carboxylic acids is 1. The third-order valence-corrected chi connectivity index (χ3v) is 6.66. The van der Waals surface area contributed by atoms with E-state index in [0.29, 0.717) is 13.0 Å². The molecule has 0 aromatic heterocycles. The molecule has 120 valence electrons. The second kappa shape index (κ2) is 5.57. The maximum atomic E-state index is 12.2. The second-order valence-electron chi connectivity index (χ2n) is 5.98. The van der Waals surface area contributed by atoms with E-state index < -0.39 is 21.4 Å². The lowest BCUT2D eigenvalue weighted by atomic mass is 9.81. The zero-order chi connectivity index (χ0) is 15.8. The van der Waals surface area contributed by atoms with Crippen LogP contribution in [0.1, 0.15) is 26.2 Å². The van der Waals surface area contributed by atoms with Gasteiger partial charge in [-0.2, -0.15) is 4.31 Å². The molecule has 1 amide bonds. The molecule has 1 N–H and O–H groups in total.